The van der Waals surface area contributed by atoms with E-state index < -0.39 is 0 Å². The van der Waals surface area contributed by atoms with Crippen LogP contribution in [0.4, 0.5) is 16.3 Å². The quantitative estimate of drug-likeness (QED) is 0.644. The standard InChI is InChI=1S/C21H21N5O3.C2H6/c1-29-16-6-7-18-19(12-16)22-13-20(23-18)25-8-10-26(11-9-25)21(28)24-17-5-3-2-4-15(17)14-27;1-2/h2-7,12-14H,8-11H2,1H3,(H,24,28);1-2H3. The minimum absolute atomic E-state index is 0.212. The number of aromatic nitrogens is 2. The van der Waals surface area contributed by atoms with Crippen molar-refractivity contribution in [2.45, 2.75) is 13.8 Å². The number of aldehydes is 1. The number of amides is 2. The summed E-state index contributed by atoms with van der Waals surface area (Å²) in [6.45, 7) is 6.41. The molecule has 1 fully saturated rings. The number of para-hydroxylation sites is 1. The Labute approximate surface area is 181 Å². The molecule has 4 rings (SSSR count). The third-order valence-corrected chi connectivity index (χ3v) is 4.96. The van der Waals surface area contributed by atoms with E-state index in [-0.39, 0.29) is 6.03 Å². The summed E-state index contributed by atoms with van der Waals surface area (Å²) in [5.41, 5.74) is 2.56. The molecule has 1 aliphatic rings. The van der Waals surface area contributed by atoms with Gasteiger partial charge in [0.15, 0.2) is 6.29 Å². The van der Waals surface area contributed by atoms with Crippen molar-refractivity contribution < 1.29 is 14.3 Å². The van der Waals surface area contributed by atoms with Crippen LogP contribution in [0.2, 0.25) is 0 Å². The lowest BCUT2D eigenvalue weighted by molar-refractivity contribution is 0.112. The molecule has 0 unspecified atom stereocenters. The predicted molar refractivity (Wildman–Crippen MR) is 122 cm³/mol. The summed E-state index contributed by atoms with van der Waals surface area (Å²) in [5, 5.41) is 2.82. The molecule has 2 aromatic carbocycles. The van der Waals surface area contributed by atoms with Gasteiger partial charge in [-0.15, -0.1) is 0 Å². The maximum atomic E-state index is 12.6. The predicted octanol–water partition coefficient (Wildman–Crippen LogP) is 3.83. The molecule has 31 heavy (non-hydrogen) atoms. The fourth-order valence-corrected chi connectivity index (χ4v) is 3.31. The zero-order valence-corrected chi connectivity index (χ0v) is 18.0. The molecule has 1 saturated heterocycles. The smallest absolute Gasteiger partial charge is 0.321 e. The van der Waals surface area contributed by atoms with E-state index in [1.54, 1.807) is 42.5 Å². The Morgan fingerprint density at radius 3 is 2.52 bits per heavy atom. The third-order valence-electron chi connectivity index (χ3n) is 4.96. The van der Waals surface area contributed by atoms with Crippen LogP contribution in [0.15, 0.2) is 48.7 Å². The first kappa shape index (κ1) is 22.0. The second-order valence-corrected chi connectivity index (χ2v) is 6.69. The second-order valence-electron chi connectivity index (χ2n) is 6.69. The van der Waals surface area contributed by atoms with Crippen LogP contribution in [0.1, 0.15) is 24.2 Å². The molecule has 8 heteroatoms. The Morgan fingerprint density at radius 1 is 1.06 bits per heavy atom. The number of rotatable bonds is 4. The van der Waals surface area contributed by atoms with Gasteiger partial charge in [-0.05, 0) is 24.3 Å². The number of urea groups is 1. The second kappa shape index (κ2) is 10.4. The Bertz CT molecular complexity index is 1050. The molecule has 0 aliphatic carbocycles. The number of hydrogen-bond acceptors (Lipinski definition) is 6. The number of hydrogen-bond donors (Lipinski definition) is 1. The highest BCUT2D eigenvalue weighted by atomic mass is 16.5. The first-order valence-electron chi connectivity index (χ1n) is 10.3. The fourth-order valence-electron chi connectivity index (χ4n) is 3.31. The van der Waals surface area contributed by atoms with Crippen LogP contribution in [0.25, 0.3) is 11.0 Å². The van der Waals surface area contributed by atoms with E-state index in [9.17, 15) is 9.59 Å². The number of nitrogens with zero attached hydrogens (tertiary/aromatic N) is 4. The molecule has 2 heterocycles. The summed E-state index contributed by atoms with van der Waals surface area (Å²) < 4.78 is 5.22. The summed E-state index contributed by atoms with van der Waals surface area (Å²) in [6, 6.07) is 12.3. The highest BCUT2D eigenvalue weighted by Crippen LogP contribution is 2.21. The summed E-state index contributed by atoms with van der Waals surface area (Å²) in [6.07, 6.45) is 2.49. The third kappa shape index (κ3) is 5.09. The van der Waals surface area contributed by atoms with Gasteiger partial charge in [0, 0.05) is 37.8 Å². The van der Waals surface area contributed by atoms with Gasteiger partial charge in [-0.25, -0.2) is 9.78 Å². The fraction of sp³-hybridized carbons (Fsp3) is 0.304. The van der Waals surface area contributed by atoms with Crippen molar-refractivity contribution in [2.24, 2.45) is 0 Å². The number of ether oxygens (including phenoxy) is 1. The van der Waals surface area contributed by atoms with Gasteiger partial charge in [0.25, 0.3) is 0 Å². The van der Waals surface area contributed by atoms with Crippen molar-refractivity contribution >= 4 is 34.9 Å². The number of fused-ring (bicyclic) bond motifs is 1. The molecule has 3 aromatic rings. The van der Waals surface area contributed by atoms with Gasteiger partial charge in [0.2, 0.25) is 0 Å². The number of anilines is 2. The van der Waals surface area contributed by atoms with Crippen molar-refractivity contribution in [2.75, 3.05) is 43.5 Å². The summed E-state index contributed by atoms with van der Waals surface area (Å²) in [4.78, 5) is 36.7. The topological polar surface area (TPSA) is 87.7 Å². The maximum absolute atomic E-state index is 12.6. The van der Waals surface area contributed by atoms with Gasteiger partial charge in [-0.2, -0.15) is 0 Å². The Hall–Kier alpha value is -3.68. The molecular formula is C23H27N5O3. The minimum Gasteiger partial charge on any atom is -0.497 e. The van der Waals surface area contributed by atoms with Crippen molar-refractivity contribution in [3.05, 3.63) is 54.2 Å². The van der Waals surface area contributed by atoms with Crippen LogP contribution in [-0.4, -0.2) is 60.5 Å². The van der Waals surface area contributed by atoms with E-state index in [0.29, 0.717) is 37.4 Å². The molecule has 8 nitrogen and oxygen atoms in total. The van der Waals surface area contributed by atoms with Crippen LogP contribution >= 0.6 is 0 Å². The number of methoxy groups -OCH3 is 1. The van der Waals surface area contributed by atoms with Gasteiger partial charge >= 0.3 is 6.03 Å². The minimum atomic E-state index is -0.212. The Kier molecular flexibility index (Phi) is 7.37. The normalized spacial score (nSPS) is 13.3. The molecule has 0 atom stereocenters. The molecular weight excluding hydrogens is 394 g/mol. The van der Waals surface area contributed by atoms with Crippen LogP contribution < -0.4 is 15.0 Å². The van der Waals surface area contributed by atoms with Crippen LogP contribution in [-0.2, 0) is 0 Å². The zero-order chi connectivity index (χ0) is 22.2. The number of nitrogens with one attached hydrogen (secondary N) is 1. The van der Waals surface area contributed by atoms with E-state index in [2.05, 4.69) is 20.2 Å². The lowest BCUT2D eigenvalue weighted by atomic mass is 10.2. The van der Waals surface area contributed by atoms with Crippen molar-refractivity contribution in [3.8, 4) is 5.75 Å². The molecule has 0 radical (unpaired) electrons. The highest BCUT2D eigenvalue weighted by molar-refractivity contribution is 5.95. The molecule has 1 aliphatic heterocycles. The maximum Gasteiger partial charge on any atom is 0.321 e. The van der Waals surface area contributed by atoms with E-state index in [4.69, 9.17) is 4.74 Å². The van der Waals surface area contributed by atoms with Crippen molar-refractivity contribution in [3.63, 3.8) is 0 Å². The van der Waals surface area contributed by atoms with Crippen LogP contribution in [0.5, 0.6) is 5.75 Å². The largest absolute Gasteiger partial charge is 0.497 e. The van der Waals surface area contributed by atoms with Gasteiger partial charge in [0.05, 0.1) is 30.0 Å². The van der Waals surface area contributed by atoms with Gasteiger partial charge in [-0.1, -0.05) is 26.0 Å². The first-order chi connectivity index (χ1) is 15.2. The number of piperazine rings is 1. The SMILES string of the molecule is CC.COc1ccc2nc(N3CCN(C(=O)Nc4ccccc4C=O)CC3)cnc2c1. The summed E-state index contributed by atoms with van der Waals surface area (Å²) >= 11 is 0. The molecule has 0 bridgehead atoms. The van der Waals surface area contributed by atoms with Crippen LogP contribution in [0, 0.1) is 0 Å². The number of carbonyl (C=O) groups is 2. The lowest BCUT2D eigenvalue weighted by Crippen LogP contribution is -2.50. The first-order valence-corrected chi connectivity index (χ1v) is 10.3. The molecule has 1 N–H and O–H groups in total. The highest BCUT2D eigenvalue weighted by Gasteiger charge is 2.23. The van der Waals surface area contributed by atoms with Crippen molar-refractivity contribution in [1.82, 2.24) is 14.9 Å². The summed E-state index contributed by atoms with van der Waals surface area (Å²) in [5.74, 6) is 1.53. The van der Waals surface area contributed by atoms with Gasteiger partial charge in [-0.3, -0.25) is 9.78 Å². The van der Waals surface area contributed by atoms with Crippen molar-refractivity contribution in [1.29, 1.82) is 0 Å². The average Bonchev–Trinajstić information content (AvgIpc) is 2.85. The Balaban J connectivity index is 0.00000132. The van der Waals surface area contributed by atoms with Gasteiger partial charge in [0.1, 0.15) is 11.6 Å². The summed E-state index contributed by atoms with van der Waals surface area (Å²) in [7, 11) is 1.62. The van der Waals surface area contributed by atoms with E-state index in [1.165, 1.54) is 0 Å². The van der Waals surface area contributed by atoms with E-state index in [1.807, 2.05) is 32.0 Å². The average molecular weight is 422 g/mol. The lowest BCUT2D eigenvalue weighted by Gasteiger charge is -2.35. The van der Waals surface area contributed by atoms with Gasteiger partial charge < -0.3 is 19.9 Å². The van der Waals surface area contributed by atoms with Crippen LogP contribution in [0.3, 0.4) is 0 Å². The van der Waals surface area contributed by atoms with E-state index >= 15 is 0 Å². The van der Waals surface area contributed by atoms with E-state index in [0.717, 1.165) is 28.9 Å². The zero-order valence-electron chi connectivity index (χ0n) is 18.0. The number of benzene rings is 2. The Morgan fingerprint density at radius 2 is 1.81 bits per heavy atom. The monoisotopic (exact) mass is 421 g/mol. The molecule has 1 aromatic heterocycles. The molecule has 0 saturated carbocycles. The molecule has 0 spiro atoms. The number of carbonyl (C=O) groups excluding carboxylic acids is 2. The molecule has 2 amide bonds. The molecule has 162 valence electrons.